The maximum Gasteiger partial charge on any atom is 0.257 e. The Morgan fingerprint density at radius 1 is 1.30 bits per heavy atom. The van der Waals surface area contributed by atoms with Crippen molar-refractivity contribution in [3.8, 4) is 0 Å². The van der Waals surface area contributed by atoms with E-state index in [1.165, 1.54) is 6.20 Å². The summed E-state index contributed by atoms with van der Waals surface area (Å²) < 4.78 is 0. The molecule has 2 heterocycles. The van der Waals surface area contributed by atoms with E-state index in [9.17, 15) is 14.4 Å². The molecule has 1 aromatic carbocycles. The van der Waals surface area contributed by atoms with Crippen LogP contribution in [0.5, 0.6) is 0 Å². The number of carbonyl (C=O) groups is 2. The second-order valence-corrected chi connectivity index (χ2v) is 6.84. The fraction of sp³-hybridized carbons (Fsp3) is 0.421. The molecule has 1 aliphatic heterocycles. The number of piperidine rings is 1. The highest BCUT2D eigenvalue weighted by molar-refractivity contribution is 5.98. The summed E-state index contributed by atoms with van der Waals surface area (Å²) in [6.45, 7) is 3.17. The van der Waals surface area contributed by atoms with Gasteiger partial charge in [0.05, 0.1) is 6.54 Å². The van der Waals surface area contributed by atoms with Crippen molar-refractivity contribution in [3.05, 3.63) is 46.2 Å². The number of amides is 2. The summed E-state index contributed by atoms with van der Waals surface area (Å²) in [5.74, 6) is -0.251. The van der Waals surface area contributed by atoms with Crippen LogP contribution >= 0.6 is 12.4 Å². The van der Waals surface area contributed by atoms with E-state index < -0.39 is 5.91 Å². The molecule has 4 N–H and O–H groups in total. The molecule has 0 spiro atoms. The van der Waals surface area contributed by atoms with Gasteiger partial charge in [-0.3, -0.25) is 14.4 Å². The van der Waals surface area contributed by atoms with Crippen LogP contribution in [0.4, 0.5) is 0 Å². The number of hydrogen-bond acceptors (Lipinski definition) is 4. The van der Waals surface area contributed by atoms with Gasteiger partial charge in [-0.15, -0.1) is 12.4 Å². The fourth-order valence-electron chi connectivity index (χ4n) is 3.37. The summed E-state index contributed by atoms with van der Waals surface area (Å²) in [5.41, 5.74) is 6.24. The largest absolute Gasteiger partial charge is 0.360 e. The van der Waals surface area contributed by atoms with Gasteiger partial charge in [-0.05, 0) is 37.8 Å². The van der Waals surface area contributed by atoms with Gasteiger partial charge in [0.15, 0.2) is 0 Å². The van der Waals surface area contributed by atoms with Crippen LogP contribution < -0.4 is 16.5 Å². The average Bonchev–Trinajstić information content (AvgIpc) is 2.66. The van der Waals surface area contributed by atoms with Crippen molar-refractivity contribution in [2.45, 2.75) is 25.8 Å². The zero-order valence-electron chi connectivity index (χ0n) is 15.2. The third kappa shape index (κ3) is 4.67. The minimum absolute atomic E-state index is 0. The SMILES string of the molecule is CC(N)C1CCN(C(=O)CNC(=O)c2c[nH]c3ccccc3c2=O)CC1.Cl. The molecule has 0 saturated carbocycles. The van der Waals surface area contributed by atoms with E-state index in [0.717, 1.165) is 12.8 Å². The van der Waals surface area contributed by atoms with Gasteiger partial charge in [-0.1, -0.05) is 12.1 Å². The zero-order valence-corrected chi connectivity index (χ0v) is 16.1. The van der Waals surface area contributed by atoms with Crippen molar-refractivity contribution in [2.75, 3.05) is 19.6 Å². The number of pyridine rings is 1. The van der Waals surface area contributed by atoms with Crippen molar-refractivity contribution in [2.24, 2.45) is 11.7 Å². The lowest BCUT2D eigenvalue weighted by molar-refractivity contribution is -0.131. The lowest BCUT2D eigenvalue weighted by Gasteiger charge is -2.33. The molecule has 8 heteroatoms. The molecule has 0 radical (unpaired) electrons. The highest BCUT2D eigenvalue weighted by Crippen LogP contribution is 2.19. The summed E-state index contributed by atoms with van der Waals surface area (Å²) in [6.07, 6.45) is 3.14. The summed E-state index contributed by atoms with van der Waals surface area (Å²) >= 11 is 0. The van der Waals surface area contributed by atoms with Crippen LogP contribution in [-0.4, -0.2) is 47.4 Å². The first-order valence-electron chi connectivity index (χ1n) is 8.89. The number of carbonyl (C=O) groups excluding carboxylic acids is 2. The number of nitrogens with two attached hydrogens (primary N) is 1. The van der Waals surface area contributed by atoms with Crippen molar-refractivity contribution in [3.63, 3.8) is 0 Å². The highest BCUT2D eigenvalue weighted by Gasteiger charge is 2.25. The molecule has 146 valence electrons. The topological polar surface area (TPSA) is 108 Å². The van der Waals surface area contributed by atoms with Gasteiger partial charge in [0.25, 0.3) is 5.91 Å². The lowest BCUT2D eigenvalue weighted by Crippen LogP contribution is -2.46. The molecule has 0 aliphatic carbocycles. The molecule has 1 aliphatic rings. The normalized spacial score (nSPS) is 15.9. The van der Waals surface area contributed by atoms with Crippen LogP contribution in [0.3, 0.4) is 0 Å². The molecule has 1 atom stereocenters. The van der Waals surface area contributed by atoms with Gasteiger partial charge in [0.2, 0.25) is 11.3 Å². The molecule has 3 rings (SSSR count). The number of aromatic amines is 1. The number of para-hydroxylation sites is 1. The monoisotopic (exact) mass is 392 g/mol. The number of nitrogens with zero attached hydrogens (tertiary/aromatic N) is 1. The van der Waals surface area contributed by atoms with Gasteiger partial charge in [0, 0.05) is 36.2 Å². The smallest absolute Gasteiger partial charge is 0.257 e. The number of benzene rings is 1. The Bertz CT molecular complexity index is 873. The molecule has 1 fully saturated rings. The standard InChI is InChI=1S/C19H24N4O3.ClH/c1-12(20)13-6-8-23(9-7-13)17(24)11-22-19(26)15-10-21-16-5-3-2-4-14(16)18(15)25;/h2-5,10,12-13H,6-9,11,20H2,1H3,(H,21,25)(H,22,26);1H. The lowest BCUT2D eigenvalue weighted by atomic mass is 9.91. The van der Waals surface area contributed by atoms with Crippen molar-refractivity contribution in [1.29, 1.82) is 0 Å². The minimum atomic E-state index is -0.546. The molecule has 0 bridgehead atoms. The van der Waals surface area contributed by atoms with Crippen molar-refractivity contribution in [1.82, 2.24) is 15.2 Å². The van der Waals surface area contributed by atoms with Gasteiger partial charge in [-0.25, -0.2) is 0 Å². The van der Waals surface area contributed by atoms with Gasteiger partial charge < -0.3 is 20.9 Å². The molecule has 7 nitrogen and oxygen atoms in total. The number of halogens is 1. The second-order valence-electron chi connectivity index (χ2n) is 6.84. The van der Waals surface area contributed by atoms with E-state index in [1.54, 1.807) is 23.1 Å². The Kier molecular flexibility index (Phi) is 6.98. The first-order chi connectivity index (χ1) is 12.5. The summed E-state index contributed by atoms with van der Waals surface area (Å²) in [7, 11) is 0. The highest BCUT2D eigenvalue weighted by atomic mass is 35.5. The molecular weight excluding hydrogens is 368 g/mol. The summed E-state index contributed by atoms with van der Waals surface area (Å²) in [4.78, 5) is 41.7. The van der Waals surface area contributed by atoms with Gasteiger partial charge >= 0.3 is 0 Å². The van der Waals surface area contributed by atoms with Crippen LogP contribution in [0.1, 0.15) is 30.1 Å². The Morgan fingerprint density at radius 2 is 1.96 bits per heavy atom. The molecule has 1 unspecified atom stereocenters. The second kappa shape index (κ2) is 9.01. The van der Waals surface area contributed by atoms with Gasteiger partial charge in [-0.2, -0.15) is 0 Å². The predicted molar refractivity (Wildman–Crippen MR) is 107 cm³/mol. The first kappa shape index (κ1) is 20.9. The number of nitrogens with one attached hydrogen (secondary N) is 2. The first-order valence-corrected chi connectivity index (χ1v) is 8.89. The van der Waals surface area contributed by atoms with Crippen LogP contribution in [0.2, 0.25) is 0 Å². The number of rotatable bonds is 4. The van der Waals surface area contributed by atoms with E-state index >= 15 is 0 Å². The van der Waals surface area contributed by atoms with E-state index in [2.05, 4.69) is 10.3 Å². The van der Waals surface area contributed by atoms with E-state index in [-0.39, 0.29) is 41.9 Å². The molecule has 2 aromatic rings. The third-order valence-electron chi connectivity index (χ3n) is 5.07. The van der Waals surface area contributed by atoms with Crippen LogP contribution in [0.15, 0.2) is 35.3 Å². The number of likely N-dealkylation sites (tertiary alicyclic amines) is 1. The van der Waals surface area contributed by atoms with Crippen LogP contribution in [0, 0.1) is 5.92 Å². The average molecular weight is 393 g/mol. The maximum atomic E-state index is 12.4. The summed E-state index contributed by atoms with van der Waals surface area (Å²) in [6, 6.07) is 7.12. The Hall–Kier alpha value is -2.38. The number of hydrogen-bond donors (Lipinski definition) is 3. The predicted octanol–water partition coefficient (Wildman–Crippen LogP) is 1.27. The van der Waals surface area contributed by atoms with E-state index in [0.29, 0.717) is 29.9 Å². The Morgan fingerprint density at radius 3 is 2.63 bits per heavy atom. The number of H-pyrrole nitrogens is 1. The minimum Gasteiger partial charge on any atom is -0.360 e. The fourth-order valence-corrected chi connectivity index (χ4v) is 3.37. The van der Waals surface area contributed by atoms with Crippen LogP contribution in [-0.2, 0) is 4.79 Å². The van der Waals surface area contributed by atoms with Crippen LogP contribution in [0.25, 0.3) is 10.9 Å². The molecule has 27 heavy (non-hydrogen) atoms. The summed E-state index contributed by atoms with van der Waals surface area (Å²) in [5, 5.41) is 3.01. The van der Waals surface area contributed by atoms with Crippen molar-refractivity contribution < 1.29 is 9.59 Å². The third-order valence-corrected chi connectivity index (χ3v) is 5.07. The molecular formula is C19H25ClN4O3. The molecule has 2 amide bonds. The number of fused-ring (bicyclic) bond motifs is 1. The Balaban J connectivity index is 0.00000261. The quantitative estimate of drug-likeness (QED) is 0.727. The van der Waals surface area contributed by atoms with E-state index in [1.807, 2.05) is 13.0 Å². The molecule has 1 aromatic heterocycles. The molecule has 1 saturated heterocycles. The van der Waals surface area contributed by atoms with Crippen molar-refractivity contribution >= 4 is 35.1 Å². The zero-order chi connectivity index (χ0) is 18.7. The number of aromatic nitrogens is 1. The van der Waals surface area contributed by atoms with Gasteiger partial charge in [0.1, 0.15) is 5.56 Å². The van der Waals surface area contributed by atoms with E-state index in [4.69, 9.17) is 5.73 Å². The maximum absolute atomic E-state index is 12.4. The Labute approximate surface area is 163 Å².